The van der Waals surface area contributed by atoms with Crippen LogP contribution in [-0.2, 0) is 16.0 Å². The third-order valence-electron chi connectivity index (χ3n) is 8.52. The van der Waals surface area contributed by atoms with Crippen molar-refractivity contribution in [2.75, 3.05) is 17.2 Å². The Hall–Kier alpha value is -2.29. The molecule has 0 saturated heterocycles. The summed E-state index contributed by atoms with van der Waals surface area (Å²) in [6.07, 6.45) is 3.50. The van der Waals surface area contributed by atoms with Crippen molar-refractivity contribution in [3.63, 3.8) is 0 Å². The number of carbonyl (C=O) groups excluding carboxylic acids is 2. The number of thiazole rings is 1. The SMILES string of the molecule is CC1(CO)C(O)CCC2(C)C(CC(=O)Nc3ccccc3)c3nc(NC(=O)C4CC4)sc3CC12. The first-order chi connectivity index (χ1) is 16.2. The Labute approximate surface area is 204 Å². The van der Waals surface area contributed by atoms with Crippen molar-refractivity contribution < 1.29 is 19.8 Å². The van der Waals surface area contributed by atoms with Crippen LogP contribution in [-0.4, -0.2) is 39.7 Å². The molecule has 0 radical (unpaired) electrons. The van der Waals surface area contributed by atoms with E-state index < -0.39 is 11.5 Å². The predicted molar refractivity (Wildman–Crippen MR) is 132 cm³/mol. The third kappa shape index (κ3) is 4.06. The average Bonchev–Trinajstić information content (AvgIpc) is 3.60. The Morgan fingerprint density at radius 3 is 2.56 bits per heavy atom. The van der Waals surface area contributed by atoms with Gasteiger partial charge in [0.25, 0.3) is 0 Å². The molecule has 3 aliphatic carbocycles. The summed E-state index contributed by atoms with van der Waals surface area (Å²) in [5.41, 5.74) is 0.652. The lowest BCUT2D eigenvalue weighted by atomic mass is 9.47. The van der Waals surface area contributed by atoms with Gasteiger partial charge in [0.05, 0.1) is 18.4 Å². The normalized spacial score (nSPS) is 32.4. The zero-order chi connectivity index (χ0) is 24.1. The van der Waals surface area contributed by atoms with Crippen LogP contribution in [0.5, 0.6) is 0 Å². The van der Waals surface area contributed by atoms with Crippen molar-refractivity contribution in [3.8, 4) is 0 Å². The first-order valence-electron chi connectivity index (χ1n) is 12.2. The number of aromatic nitrogens is 1. The highest BCUT2D eigenvalue weighted by molar-refractivity contribution is 7.15. The van der Waals surface area contributed by atoms with E-state index in [1.807, 2.05) is 37.3 Å². The summed E-state index contributed by atoms with van der Waals surface area (Å²) in [6.45, 7) is 4.03. The molecule has 0 spiro atoms. The van der Waals surface area contributed by atoms with E-state index in [1.165, 1.54) is 11.3 Å². The monoisotopic (exact) mass is 483 g/mol. The number of aliphatic hydroxyl groups is 2. The predicted octanol–water partition coefficient (Wildman–Crippen LogP) is 3.94. The summed E-state index contributed by atoms with van der Waals surface area (Å²) in [6, 6.07) is 9.41. The fourth-order valence-corrected chi connectivity index (χ4v) is 7.24. The van der Waals surface area contributed by atoms with Crippen LogP contribution in [0.3, 0.4) is 0 Å². The van der Waals surface area contributed by atoms with E-state index in [2.05, 4.69) is 17.6 Å². The molecule has 1 heterocycles. The minimum absolute atomic E-state index is 0.0109. The van der Waals surface area contributed by atoms with Gasteiger partial charge in [0.2, 0.25) is 11.8 Å². The van der Waals surface area contributed by atoms with Crippen molar-refractivity contribution in [1.29, 1.82) is 0 Å². The molecule has 2 fully saturated rings. The van der Waals surface area contributed by atoms with Gasteiger partial charge in [-0.3, -0.25) is 9.59 Å². The number of benzene rings is 1. The molecule has 7 nitrogen and oxygen atoms in total. The second kappa shape index (κ2) is 8.73. The Balaban J connectivity index is 1.49. The summed E-state index contributed by atoms with van der Waals surface area (Å²) >= 11 is 1.47. The number of rotatable bonds is 6. The standard InChI is InChI=1S/C26H33N3O4S/c1-25-11-10-20(31)26(2,14-30)19(25)13-18-22(28-24(34-18)29-23(33)15-8-9-15)17(25)12-21(32)27-16-6-4-3-5-7-16/h3-7,15,17,19-20,30-31H,8-14H2,1-2H3,(H,27,32)(H,28,29,33). The number of anilines is 2. The van der Waals surface area contributed by atoms with Gasteiger partial charge in [-0.25, -0.2) is 4.98 Å². The molecule has 2 aromatic rings. The highest BCUT2D eigenvalue weighted by Crippen LogP contribution is 2.62. The molecule has 2 amide bonds. The minimum atomic E-state index is -0.666. The molecule has 8 heteroatoms. The highest BCUT2D eigenvalue weighted by atomic mass is 32.1. The zero-order valence-corrected chi connectivity index (χ0v) is 20.5. The summed E-state index contributed by atoms with van der Waals surface area (Å²) in [4.78, 5) is 31.5. The molecule has 0 aliphatic heterocycles. The van der Waals surface area contributed by atoms with Gasteiger partial charge in [-0.2, -0.15) is 0 Å². The Bertz CT molecular complexity index is 1080. The van der Waals surface area contributed by atoms with Crippen LogP contribution >= 0.6 is 11.3 Å². The molecule has 182 valence electrons. The van der Waals surface area contributed by atoms with Crippen molar-refractivity contribution in [2.24, 2.45) is 22.7 Å². The van der Waals surface area contributed by atoms with Gasteiger partial charge in [-0.05, 0) is 55.6 Å². The van der Waals surface area contributed by atoms with E-state index in [-0.39, 0.29) is 48.0 Å². The second-order valence-corrected chi connectivity index (χ2v) is 11.8. The smallest absolute Gasteiger partial charge is 0.229 e. The van der Waals surface area contributed by atoms with E-state index in [0.717, 1.165) is 35.5 Å². The van der Waals surface area contributed by atoms with Crippen molar-refractivity contribution in [3.05, 3.63) is 40.9 Å². The summed E-state index contributed by atoms with van der Waals surface area (Å²) in [5, 5.41) is 27.8. The first-order valence-corrected chi connectivity index (χ1v) is 13.0. The topological polar surface area (TPSA) is 112 Å². The molecule has 5 rings (SSSR count). The lowest BCUT2D eigenvalue weighted by molar-refractivity contribution is -0.143. The number of carbonyl (C=O) groups is 2. The molecule has 1 aromatic carbocycles. The Morgan fingerprint density at radius 1 is 1.15 bits per heavy atom. The Kier molecular flexibility index (Phi) is 6.02. The minimum Gasteiger partial charge on any atom is -0.396 e. The molecule has 5 unspecified atom stereocenters. The maximum absolute atomic E-state index is 13.2. The molecular weight excluding hydrogens is 450 g/mol. The van der Waals surface area contributed by atoms with E-state index in [1.54, 1.807) is 0 Å². The van der Waals surface area contributed by atoms with Crippen LogP contribution < -0.4 is 10.6 Å². The molecule has 0 bridgehead atoms. The van der Waals surface area contributed by atoms with Gasteiger partial charge in [-0.1, -0.05) is 32.0 Å². The van der Waals surface area contributed by atoms with E-state index in [0.29, 0.717) is 18.0 Å². The van der Waals surface area contributed by atoms with Crippen molar-refractivity contribution in [1.82, 2.24) is 4.98 Å². The van der Waals surface area contributed by atoms with Crippen molar-refractivity contribution in [2.45, 2.75) is 64.4 Å². The van der Waals surface area contributed by atoms with E-state index in [9.17, 15) is 19.8 Å². The van der Waals surface area contributed by atoms with Crippen LogP contribution in [0.1, 0.15) is 62.4 Å². The molecule has 4 N–H and O–H groups in total. The maximum atomic E-state index is 13.2. The lowest BCUT2D eigenvalue weighted by Gasteiger charge is -2.58. The number of fused-ring (bicyclic) bond motifs is 2. The molecule has 34 heavy (non-hydrogen) atoms. The van der Waals surface area contributed by atoms with Gasteiger partial charge in [0.1, 0.15) is 0 Å². The van der Waals surface area contributed by atoms with Gasteiger partial charge >= 0.3 is 0 Å². The van der Waals surface area contributed by atoms with E-state index >= 15 is 0 Å². The quantitative estimate of drug-likeness (QED) is 0.497. The fourth-order valence-electron chi connectivity index (χ4n) is 6.17. The van der Waals surface area contributed by atoms with Crippen LogP contribution in [0, 0.1) is 22.7 Å². The number of amides is 2. The van der Waals surface area contributed by atoms with Gasteiger partial charge in [0, 0.05) is 34.2 Å². The van der Waals surface area contributed by atoms with Crippen LogP contribution in [0.15, 0.2) is 30.3 Å². The van der Waals surface area contributed by atoms with Crippen LogP contribution in [0.4, 0.5) is 10.8 Å². The largest absolute Gasteiger partial charge is 0.396 e. The number of nitrogens with zero attached hydrogens (tertiary/aromatic N) is 1. The van der Waals surface area contributed by atoms with Gasteiger partial charge in [0.15, 0.2) is 5.13 Å². The van der Waals surface area contributed by atoms with Gasteiger partial charge < -0.3 is 20.8 Å². The summed E-state index contributed by atoms with van der Waals surface area (Å²) in [7, 11) is 0. The number of para-hydroxylation sites is 1. The summed E-state index contributed by atoms with van der Waals surface area (Å²) < 4.78 is 0. The van der Waals surface area contributed by atoms with Crippen molar-refractivity contribution >= 4 is 34.0 Å². The molecule has 5 atom stereocenters. The van der Waals surface area contributed by atoms with Crippen LogP contribution in [0.25, 0.3) is 0 Å². The van der Waals surface area contributed by atoms with Crippen LogP contribution in [0.2, 0.25) is 0 Å². The molecular formula is C26H33N3O4S. The van der Waals surface area contributed by atoms with E-state index in [4.69, 9.17) is 4.98 Å². The molecule has 3 aliphatic rings. The third-order valence-corrected chi connectivity index (χ3v) is 9.53. The van der Waals surface area contributed by atoms with Gasteiger partial charge in [-0.15, -0.1) is 11.3 Å². The zero-order valence-electron chi connectivity index (χ0n) is 19.7. The fraction of sp³-hybridized carbons (Fsp3) is 0.577. The highest BCUT2D eigenvalue weighted by Gasteiger charge is 2.59. The molecule has 2 saturated carbocycles. The maximum Gasteiger partial charge on any atom is 0.229 e. The second-order valence-electron chi connectivity index (χ2n) is 10.7. The first kappa shape index (κ1) is 23.5. The number of hydrogen-bond acceptors (Lipinski definition) is 6. The number of hydrogen-bond donors (Lipinski definition) is 4. The number of aliphatic hydroxyl groups excluding tert-OH is 2. The Morgan fingerprint density at radius 2 is 1.88 bits per heavy atom. The lowest BCUT2D eigenvalue weighted by Crippen LogP contribution is -2.57. The molecule has 1 aromatic heterocycles. The average molecular weight is 484 g/mol. The summed E-state index contributed by atoms with van der Waals surface area (Å²) in [5.74, 6) is -0.170. The number of nitrogens with one attached hydrogen (secondary N) is 2.